The van der Waals surface area contributed by atoms with Crippen LogP contribution in [0.4, 0.5) is 0 Å². The molecule has 6 nitrogen and oxygen atoms in total. The summed E-state index contributed by atoms with van der Waals surface area (Å²) >= 11 is 0. The molecular weight excluding hydrogens is 400 g/mol. The number of allylic oxidation sites excluding steroid dienone is 3. The minimum atomic E-state index is -0.0968. The van der Waals surface area contributed by atoms with Crippen LogP contribution in [-0.4, -0.2) is 48.4 Å². The van der Waals surface area contributed by atoms with Crippen molar-refractivity contribution < 1.29 is 9.59 Å². The molecular formula is C26H32N4O2. The predicted molar refractivity (Wildman–Crippen MR) is 125 cm³/mol. The first kappa shape index (κ1) is 21.0. The summed E-state index contributed by atoms with van der Waals surface area (Å²) in [6.07, 6.45) is 14.1. The molecule has 6 heteroatoms. The van der Waals surface area contributed by atoms with Gasteiger partial charge >= 0.3 is 0 Å². The molecule has 0 unspecified atom stereocenters. The SMILES string of the molecule is CNC(=O)c1cc(C(=O)N2CCC(C3=CC4=CCNN4C=C3)CC2)c(C)cc1C1CCC1. The summed E-state index contributed by atoms with van der Waals surface area (Å²) in [6.45, 7) is 4.36. The highest BCUT2D eigenvalue weighted by Gasteiger charge is 2.30. The molecule has 4 aliphatic rings. The highest BCUT2D eigenvalue weighted by molar-refractivity contribution is 6.01. The second-order valence-corrected chi connectivity index (χ2v) is 9.35. The summed E-state index contributed by atoms with van der Waals surface area (Å²) < 4.78 is 0. The van der Waals surface area contributed by atoms with E-state index in [4.69, 9.17) is 0 Å². The van der Waals surface area contributed by atoms with Gasteiger partial charge in [-0.1, -0.05) is 12.5 Å². The van der Waals surface area contributed by atoms with Crippen LogP contribution in [-0.2, 0) is 0 Å². The monoisotopic (exact) mass is 432 g/mol. The number of rotatable bonds is 4. The van der Waals surface area contributed by atoms with E-state index in [2.05, 4.69) is 46.2 Å². The lowest BCUT2D eigenvalue weighted by Gasteiger charge is -2.34. The Kier molecular flexibility index (Phi) is 5.64. The van der Waals surface area contributed by atoms with Crippen molar-refractivity contribution in [1.29, 1.82) is 0 Å². The molecule has 0 radical (unpaired) electrons. The zero-order valence-corrected chi connectivity index (χ0v) is 19.0. The molecule has 3 aliphatic heterocycles. The fourth-order valence-electron chi connectivity index (χ4n) is 5.27. The second kappa shape index (κ2) is 8.58. The number of aryl methyl sites for hydroxylation is 1. The third kappa shape index (κ3) is 3.77. The van der Waals surface area contributed by atoms with Crippen LogP contribution in [0.25, 0.3) is 0 Å². The van der Waals surface area contributed by atoms with Gasteiger partial charge in [0.2, 0.25) is 0 Å². The van der Waals surface area contributed by atoms with Crippen LogP contribution in [0.1, 0.15) is 69.9 Å². The number of carbonyl (C=O) groups is 2. The summed E-state index contributed by atoms with van der Waals surface area (Å²) in [7, 11) is 1.66. The average molecular weight is 433 g/mol. The fraction of sp³-hybridized carbons (Fsp3) is 0.462. The van der Waals surface area contributed by atoms with Crippen molar-refractivity contribution in [3.63, 3.8) is 0 Å². The van der Waals surface area contributed by atoms with E-state index in [9.17, 15) is 9.59 Å². The molecule has 2 N–H and O–H groups in total. The predicted octanol–water partition coefficient (Wildman–Crippen LogP) is 3.63. The van der Waals surface area contributed by atoms with Crippen LogP contribution in [0, 0.1) is 12.8 Å². The number of benzene rings is 1. The zero-order valence-electron chi connectivity index (χ0n) is 19.0. The van der Waals surface area contributed by atoms with Gasteiger partial charge in [-0.15, -0.1) is 0 Å². The lowest BCUT2D eigenvalue weighted by atomic mass is 9.77. The first-order chi connectivity index (χ1) is 15.5. The minimum absolute atomic E-state index is 0.0494. The number of amides is 2. The number of nitrogens with zero attached hydrogens (tertiary/aromatic N) is 2. The third-order valence-electron chi connectivity index (χ3n) is 7.48. The number of fused-ring (bicyclic) bond motifs is 1. The highest BCUT2D eigenvalue weighted by atomic mass is 16.2. The van der Waals surface area contributed by atoms with Crippen molar-refractivity contribution in [3.8, 4) is 0 Å². The maximum Gasteiger partial charge on any atom is 0.254 e. The van der Waals surface area contributed by atoms with Gasteiger partial charge in [-0.2, -0.15) is 0 Å². The van der Waals surface area contributed by atoms with Gasteiger partial charge in [0.05, 0.1) is 5.70 Å². The molecule has 32 heavy (non-hydrogen) atoms. The van der Waals surface area contributed by atoms with E-state index >= 15 is 0 Å². The molecule has 1 saturated carbocycles. The Morgan fingerprint density at radius 1 is 1.06 bits per heavy atom. The van der Waals surface area contributed by atoms with Crippen LogP contribution in [0.15, 0.2) is 47.8 Å². The summed E-state index contributed by atoms with van der Waals surface area (Å²) in [5.41, 5.74) is 9.27. The average Bonchev–Trinajstić information content (AvgIpc) is 3.25. The van der Waals surface area contributed by atoms with Crippen molar-refractivity contribution in [2.45, 2.75) is 44.9 Å². The van der Waals surface area contributed by atoms with Gasteiger partial charge in [0, 0.05) is 44.0 Å². The quantitative estimate of drug-likeness (QED) is 0.763. The Morgan fingerprint density at radius 3 is 2.53 bits per heavy atom. The van der Waals surface area contributed by atoms with Crippen molar-refractivity contribution in [2.75, 3.05) is 26.7 Å². The first-order valence-corrected chi connectivity index (χ1v) is 11.8. The van der Waals surface area contributed by atoms with E-state index in [0.29, 0.717) is 23.0 Å². The van der Waals surface area contributed by atoms with E-state index in [0.717, 1.165) is 56.4 Å². The lowest BCUT2D eigenvalue weighted by molar-refractivity contribution is 0.0702. The van der Waals surface area contributed by atoms with Crippen LogP contribution in [0.2, 0.25) is 0 Å². The summed E-state index contributed by atoms with van der Waals surface area (Å²) in [5.74, 6) is 0.870. The van der Waals surface area contributed by atoms with Gasteiger partial charge in [0.25, 0.3) is 11.8 Å². The summed E-state index contributed by atoms with van der Waals surface area (Å²) in [6, 6.07) is 3.93. The zero-order chi connectivity index (χ0) is 22.2. The molecule has 1 aromatic rings. The van der Waals surface area contributed by atoms with Crippen molar-refractivity contribution in [1.82, 2.24) is 20.7 Å². The Hall–Kier alpha value is -2.86. The number of hydrogen-bond acceptors (Lipinski definition) is 4. The smallest absolute Gasteiger partial charge is 0.254 e. The number of hydrazine groups is 1. The third-order valence-corrected chi connectivity index (χ3v) is 7.48. The van der Waals surface area contributed by atoms with Gasteiger partial charge < -0.3 is 10.2 Å². The molecule has 1 saturated heterocycles. The molecule has 2 amide bonds. The Balaban J connectivity index is 1.31. The molecule has 2 fully saturated rings. The van der Waals surface area contributed by atoms with Gasteiger partial charge in [0.15, 0.2) is 0 Å². The second-order valence-electron chi connectivity index (χ2n) is 9.35. The largest absolute Gasteiger partial charge is 0.355 e. The summed E-state index contributed by atoms with van der Waals surface area (Å²) in [4.78, 5) is 28.0. The van der Waals surface area contributed by atoms with E-state index in [1.54, 1.807) is 7.05 Å². The molecule has 0 aromatic heterocycles. The molecule has 168 valence electrons. The van der Waals surface area contributed by atoms with Gasteiger partial charge in [-0.3, -0.25) is 14.6 Å². The van der Waals surface area contributed by atoms with Crippen molar-refractivity contribution >= 4 is 11.8 Å². The molecule has 0 spiro atoms. The van der Waals surface area contributed by atoms with Crippen molar-refractivity contribution in [3.05, 3.63) is 70.1 Å². The molecule has 1 aliphatic carbocycles. The number of carbonyl (C=O) groups excluding carboxylic acids is 2. The van der Waals surface area contributed by atoms with Gasteiger partial charge in [-0.25, -0.2) is 5.43 Å². The number of hydrogen-bond donors (Lipinski definition) is 2. The van der Waals surface area contributed by atoms with Crippen LogP contribution in [0.3, 0.4) is 0 Å². The van der Waals surface area contributed by atoms with Gasteiger partial charge in [-0.05, 0) is 85.4 Å². The molecule has 0 bridgehead atoms. The van der Waals surface area contributed by atoms with Crippen LogP contribution in [0.5, 0.6) is 0 Å². The number of nitrogens with one attached hydrogen (secondary N) is 2. The Labute approximate surface area is 190 Å². The number of piperidine rings is 1. The van der Waals surface area contributed by atoms with Gasteiger partial charge in [0.1, 0.15) is 0 Å². The van der Waals surface area contributed by atoms with Crippen molar-refractivity contribution in [2.24, 2.45) is 5.92 Å². The lowest BCUT2D eigenvalue weighted by Crippen LogP contribution is -2.39. The standard InChI is InChI=1S/C26H32N4O2/c1-17-14-23(19-4-3-5-19)24(25(31)27-2)16-22(17)26(32)29-11-7-18(8-12-29)20-9-13-30-21(15-20)6-10-28-30/h6,9,13-16,18-19,28H,3-5,7-8,10-12H2,1-2H3,(H,27,31). The topological polar surface area (TPSA) is 64.7 Å². The molecule has 5 rings (SSSR count). The summed E-state index contributed by atoms with van der Waals surface area (Å²) in [5, 5.41) is 4.82. The van der Waals surface area contributed by atoms with Crippen LogP contribution >= 0.6 is 0 Å². The maximum atomic E-state index is 13.4. The Morgan fingerprint density at radius 2 is 1.84 bits per heavy atom. The Bertz CT molecular complexity index is 1030. The number of likely N-dealkylation sites (tertiary alicyclic amines) is 1. The molecule has 0 atom stereocenters. The van der Waals surface area contributed by atoms with E-state index in [1.165, 1.54) is 17.7 Å². The normalized spacial score (nSPS) is 21.1. The van der Waals surface area contributed by atoms with E-state index in [1.807, 2.05) is 17.9 Å². The maximum absolute atomic E-state index is 13.4. The van der Waals surface area contributed by atoms with Crippen LogP contribution < -0.4 is 10.7 Å². The first-order valence-electron chi connectivity index (χ1n) is 11.8. The van der Waals surface area contributed by atoms with E-state index < -0.39 is 0 Å². The highest BCUT2D eigenvalue weighted by Crippen LogP contribution is 2.39. The molecule has 3 heterocycles. The van der Waals surface area contributed by atoms with E-state index in [-0.39, 0.29) is 11.8 Å². The fourth-order valence-corrected chi connectivity index (χ4v) is 5.27. The minimum Gasteiger partial charge on any atom is -0.355 e. The molecule has 1 aromatic carbocycles.